The van der Waals surface area contributed by atoms with E-state index >= 15 is 0 Å². The van der Waals surface area contributed by atoms with Crippen LogP contribution in [0.1, 0.15) is 77.3 Å². The van der Waals surface area contributed by atoms with Crippen molar-refractivity contribution in [2.24, 2.45) is 11.3 Å². The third-order valence-corrected chi connectivity index (χ3v) is 5.51. The minimum atomic E-state index is -0.136. The van der Waals surface area contributed by atoms with Crippen LogP contribution in [0.25, 0.3) is 0 Å². The van der Waals surface area contributed by atoms with E-state index in [4.69, 9.17) is 0 Å². The molecule has 1 fully saturated rings. The standard InChI is InChI=1S/C20H32O/c1-19(2,3)17-10-6-15(7-11-17)16-8-12-18(13-9-16)20(4,5)14-21/h8-9,12-13,15,17,21H,6-7,10-11,14H2,1-5H3. The van der Waals surface area contributed by atoms with Gasteiger partial charge in [-0.1, -0.05) is 58.9 Å². The maximum Gasteiger partial charge on any atom is 0.0522 e. The van der Waals surface area contributed by atoms with Crippen LogP contribution in [0.3, 0.4) is 0 Å². The Hall–Kier alpha value is -0.820. The highest BCUT2D eigenvalue weighted by Crippen LogP contribution is 2.43. The first-order chi connectivity index (χ1) is 9.74. The van der Waals surface area contributed by atoms with E-state index in [0.29, 0.717) is 5.41 Å². The third-order valence-electron chi connectivity index (χ3n) is 5.51. The van der Waals surface area contributed by atoms with E-state index in [0.717, 1.165) is 11.8 Å². The number of hydrogen-bond donors (Lipinski definition) is 1. The molecule has 0 saturated heterocycles. The van der Waals surface area contributed by atoms with Gasteiger partial charge in [0.25, 0.3) is 0 Å². The van der Waals surface area contributed by atoms with E-state index in [2.05, 4.69) is 58.9 Å². The summed E-state index contributed by atoms with van der Waals surface area (Å²) in [5.74, 6) is 1.61. The molecule has 0 bridgehead atoms. The second kappa shape index (κ2) is 6.12. The van der Waals surface area contributed by atoms with Gasteiger partial charge in [-0.2, -0.15) is 0 Å². The van der Waals surface area contributed by atoms with Gasteiger partial charge < -0.3 is 5.11 Å². The van der Waals surface area contributed by atoms with Crippen LogP contribution in [0.4, 0.5) is 0 Å². The molecule has 118 valence electrons. The fourth-order valence-corrected chi connectivity index (χ4v) is 3.59. The van der Waals surface area contributed by atoms with Crippen LogP contribution < -0.4 is 0 Å². The number of rotatable bonds is 3. The van der Waals surface area contributed by atoms with Crippen LogP contribution in [0.5, 0.6) is 0 Å². The van der Waals surface area contributed by atoms with Gasteiger partial charge in [0, 0.05) is 5.41 Å². The summed E-state index contributed by atoms with van der Waals surface area (Å²) < 4.78 is 0. The lowest BCUT2D eigenvalue weighted by Crippen LogP contribution is -2.25. The lowest BCUT2D eigenvalue weighted by molar-refractivity contribution is 0.169. The Morgan fingerprint density at radius 1 is 0.905 bits per heavy atom. The van der Waals surface area contributed by atoms with Crippen molar-refractivity contribution in [1.82, 2.24) is 0 Å². The molecule has 1 nitrogen and oxygen atoms in total. The zero-order chi connectivity index (χ0) is 15.7. The predicted molar refractivity (Wildman–Crippen MR) is 90.7 cm³/mol. The molecule has 0 heterocycles. The molecule has 1 aliphatic rings. The Morgan fingerprint density at radius 2 is 1.43 bits per heavy atom. The molecule has 1 aromatic carbocycles. The van der Waals surface area contributed by atoms with Crippen molar-refractivity contribution in [3.8, 4) is 0 Å². The normalized spacial score (nSPS) is 24.1. The maximum absolute atomic E-state index is 9.47. The molecule has 0 radical (unpaired) electrons. The summed E-state index contributed by atoms with van der Waals surface area (Å²) in [7, 11) is 0. The zero-order valence-electron chi connectivity index (χ0n) is 14.4. The van der Waals surface area contributed by atoms with Gasteiger partial charge in [0.1, 0.15) is 0 Å². The second-order valence-corrected chi connectivity index (χ2v) is 8.58. The Labute approximate surface area is 130 Å². The Morgan fingerprint density at radius 3 is 1.86 bits per heavy atom. The largest absolute Gasteiger partial charge is 0.395 e. The fraction of sp³-hybridized carbons (Fsp3) is 0.700. The highest BCUT2D eigenvalue weighted by atomic mass is 16.3. The predicted octanol–water partition coefficient (Wildman–Crippen LogP) is 5.28. The molecule has 1 saturated carbocycles. The molecule has 0 aliphatic heterocycles. The molecule has 0 amide bonds. The van der Waals surface area contributed by atoms with Gasteiger partial charge in [-0.05, 0) is 54.1 Å². The van der Waals surface area contributed by atoms with Crippen molar-refractivity contribution in [2.45, 2.75) is 71.6 Å². The number of aliphatic hydroxyl groups is 1. The smallest absolute Gasteiger partial charge is 0.0522 e. The van der Waals surface area contributed by atoms with Gasteiger partial charge in [0.2, 0.25) is 0 Å². The highest BCUT2D eigenvalue weighted by molar-refractivity contribution is 5.30. The maximum atomic E-state index is 9.47. The van der Waals surface area contributed by atoms with E-state index in [9.17, 15) is 5.11 Å². The Bertz CT molecular complexity index is 442. The highest BCUT2D eigenvalue weighted by Gasteiger charge is 2.30. The van der Waals surface area contributed by atoms with Crippen LogP contribution in [0.2, 0.25) is 0 Å². The average Bonchev–Trinajstić information content (AvgIpc) is 2.47. The van der Waals surface area contributed by atoms with Crippen molar-refractivity contribution in [3.05, 3.63) is 35.4 Å². The molecule has 21 heavy (non-hydrogen) atoms. The molecular formula is C20H32O. The molecule has 1 aliphatic carbocycles. The zero-order valence-corrected chi connectivity index (χ0v) is 14.4. The van der Waals surface area contributed by atoms with Gasteiger partial charge in [0.15, 0.2) is 0 Å². The van der Waals surface area contributed by atoms with Crippen molar-refractivity contribution >= 4 is 0 Å². The molecule has 0 aromatic heterocycles. The first-order valence-electron chi connectivity index (χ1n) is 8.45. The molecule has 1 aromatic rings. The van der Waals surface area contributed by atoms with E-state index in [1.165, 1.54) is 36.8 Å². The van der Waals surface area contributed by atoms with E-state index in [1.807, 2.05) is 0 Å². The first-order valence-corrected chi connectivity index (χ1v) is 8.45. The monoisotopic (exact) mass is 288 g/mol. The lowest BCUT2D eigenvalue weighted by atomic mass is 9.68. The van der Waals surface area contributed by atoms with Crippen molar-refractivity contribution in [3.63, 3.8) is 0 Å². The summed E-state index contributed by atoms with van der Waals surface area (Å²) in [6.45, 7) is 11.5. The molecule has 0 atom stereocenters. The number of hydrogen-bond acceptors (Lipinski definition) is 1. The third kappa shape index (κ3) is 3.88. The SMILES string of the molecule is CC(C)(CO)c1ccc(C2CCC(C(C)(C)C)CC2)cc1. The minimum absolute atomic E-state index is 0.136. The molecule has 0 spiro atoms. The second-order valence-electron chi connectivity index (χ2n) is 8.58. The van der Waals surface area contributed by atoms with Crippen LogP contribution in [0, 0.1) is 11.3 Å². The summed E-state index contributed by atoms with van der Waals surface area (Å²) in [6.07, 6.45) is 5.37. The van der Waals surface area contributed by atoms with Gasteiger partial charge in [-0.15, -0.1) is 0 Å². The van der Waals surface area contributed by atoms with Gasteiger partial charge in [-0.3, -0.25) is 0 Å². The Kier molecular flexibility index (Phi) is 4.82. The summed E-state index contributed by atoms with van der Waals surface area (Å²) in [6, 6.07) is 8.99. The average molecular weight is 288 g/mol. The summed E-state index contributed by atoms with van der Waals surface area (Å²) in [5, 5.41) is 9.47. The topological polar surface area (TPSA) is 20.2 Å². The van der Waals surface area contributed by atoms with Crippen LogP contribution >= 0.6 is 0 Å². The Balaban J connectivity index is 2.02. The van der Waals surface area contributed by atoms with Crippen molar-refractivity contribution in [1.29, 1.82) is 0 Å². The van der Waals surface area contributed by atoms with Gasteiger partial charge >= 0.3 is 0 Å². The molecule has 0 unspecified atom stereocenters. The van der Waals surface area contributed by atoms with Gasteiger partial charge in [0.05, 0.1) is 6.61 Å². The summed E-state index contributed by atoms with van der Waals surface area (Å²) in [4.78, 5) is 0. The molecular weight excluding hydrogens is 256 g/mol. The summed E-state index contributed by atoms with van der Waals surface area (Å²) >= 11 is 0. The van der Waals surface area contributed by atoms with Crippen molar-refractivity contribution in [2.75, 3.05) is 6.61 Å². The quantitative estimate of drug-likeness (QED) is 0.802. The molecule has 1 N–H and O–H groups in total. The molecule has 2 rings (SSSR count). The van der Waals surface area contributed by atoms with Crippen LogP contribution in [-0.4, -0.2) is 11.7 Å². The number of aliphatic hydroxyl groups excluding tert-OH is 1. The lowest BCUT2D eigenvalue weighted by Gasteiger charge is -2.37. The fourth-order valence-electron chi connectivity index (χ4n) is 3.59. The number of benzene rings is 1. The minimum Gasteiger partial charge on any atom is -0.395 e. The molecule has 1 heteroatoms. The summed E-state index contributed by atoms with van der Waals surface area (Å²) in [5.41, 5.74) is 3.04. The van der Waals surface area contributed by atoms with Crippen molar-refractivity contribution < 1.29 is 5.11 Å². The van der Waals surface area contributed by atoms with E-state index in [1.54, 1.807) is 0 Å². The van der Waals surface area contributed by atoms with Crippen LogP contribution in [0.15, 0.2) is 24.3 Å². The van der Waals surface area contributed by atoms with Gasteiger partial charge in [-0.25, -0.2) is 0 Å². The van der Waals surface area contributed by atoms with E-state index < -0.39 is 0 Å². The first kappa shape index (κ1) is 16.5. The van der Waals surface area contributed by atoms with Crippen LogP contribution in [-0.2, 0) is 5.41 Å². The van der Waals surface area contributed by atoms with E-state index in [-0.39, 0.29) is 12.0 Å².